The zero-order valence-corrected chi connectivity index (χ0v) is 9.37. The number of nitrogens with zero attached hydrogens (tertiary/aromatic N) is 2. The van der Waals surface area contributed by atoms with Crippen molar-refractivity contribution in [1.82, 2.24) is 4.90 Å². The molecule has 0 aromatic rings. The molecule has 0 bridgehead atoms. The molecular formula is C11H18N2O. The molecule has 2 atom stereocenters. The highest BCUT2D eigenvalue weighted by Gasteiger charge is 2.51. The molecule has 3 nitrogen and oxygen atoms in total. The van der Waals surface area contributed by atoms with Gasteiger partial charge in [-0.1, -0.05) is 13.8 Å². The van der Waals surface area contributed by atoms with Gasteiger partial charge in [0.2, 0.25) is 5.91 Å². The van der Waals surface area contributed by atoms with Gasteiger partial charge >= 0.3 is 0 Å². The number of rotatable bonds is 3. The van der Waals surface area contributed by atoms with Crippen LogP contribution in [0, 0.1) is 28.6 Å². The normalized spacial score (nSPS) is 24.9. The minimum absolute atomic E-state index is 0.0780. The molecule has 0 aromatic carbocycles. The molecule has 1 aliphatic rings. The number of amides is 1. The van der Waals surface area contributed by atoms with E-state index < -0.39 is 0 Å². The molecule has 1 saturated carbocycles. The Morgan fingerprint density at radius 2 is 2.21 bits per heavy atom. The van der Waals surface area contributed by atoms with Gasteiger partial charge in [-0.25, -0.2) is 0 Å². The lowest BCUT2D eigenvalue weighted by atomic mass is 10.1. The molecule has 78 valence electrons. The predicted molar refractivity (Wildman–Crippen MR) is 54.3 cm³/mol. The fourth-order valence-corrected chi connectivity index (χ4v) is 1.70. The summed E-state index contributed by atoms with van der Waals surface area (Å²) in [5, 5.41) is 8.63. The topological polar surface area (TPSA) is 44.1 Å². The van der Waals surface area contributed by atoms with Gasteiger partial charge in [0.25, 0.3) is 0 Å². The standard InChI is InChI=1S/C11H18N2O/c1-8(6-12)7-13(4)10(14)9-5-11(9,2)3/h8-9H,5,7H2,1-4H3. The molecule has 3 heteroatoms. The Morgan fingerprint density at radius 1 is 1.71 bits per heavy atom. The Bertz CT molecular complexity index is 278. The van der Waals surface area contributed by atoms with Gasteiger partial charge in [-0.05, 0) is 18.8 Å². The van der Waals surface area contributed by atoms with Gasteiger partial charge in [-0.15, -0.1) is 0 Å². The van der Waals surface area contributed by atoms with Crippen molar-refractivity contribution in [3.63, 3.8) is 0 Å². The molecule has 0 heterocycles. The first-order valence-corrected chi connectivity index (χ1v) is 5.03. The number of hydrogen-bond acceptors (Lipinski definition) is 2. The first kappa shape index (κ1) is 11.0. The average molecular weight is 194 g/mol. The van der Waals surface area contributed by atoms with E-state index in [1.807, 2.05) is 6.92 Å². The van der Waals surface area contributed by atoms with Crippen LogP contribution >= 0.6 is 0 Å². The fourth-order valence-electron chi connectivity index (χ4n) is 1.70. The van der Waals surface area contributed by atoms with Crippen LogP contribution in [0.25, 0.3) is 0 Å². The number of carbonyl (C=O) groups excluding carboxylic acids is 1. The molecule has 0 radical (unpaired) electrons. The van der Waals surface area contributed by atoms with Gasteiger partial charge in [0.1, 0.15) is 0 Å². The highest BCUT2D eigenvalue weighted by Crippen LogP contribution is 2.52. The summed E-state index contributed by atoms with van der Waals surface area (Å²) in [7, 11) is 1.78. The molecule has 0 spiro atoms. The molecule has 1 fully saturated rings. The summed E-state index contributed by atoms with van der Waals surface area (Å²) < 4.78 is 0. The molecule has 0 saturated heterocycles. The van der Waals surface area contributed by atoms with Crippen LogP contribution in [-0.2, 0) is 4.79 Å². The van der Waals surface area contributed by atoms with Crippen molar-refractivity contribution in [3.8, 4) is 6.07 Å². The minimum atomic E-state index is -0.0780. The van der Waals surface area contributed by atoms with E-state index in [4.69, 9.17) is 5.26 Å². The highest BCUT2D eigenvalue weighted by molar-refractivity contribution is 5.82. The van der Waals surface area contributed by atoms with Gasteiger partial charge in [-0.2, -0.15) is 5.26 Å². The molecule has 14 heavy (non-hydrogen) atoms. The van der Waals surface area contributed by atoms with Gasteiger partial charge < -0.3 is 4.90 Å². The number of carbonyl (C=O) groups is 1. The highest BCUT2D eigenvalue weighted by atomic mass is 16.2. The lowest BCUT2D eigenvalue weighted by Crippen LogP contribution is -2.32. The minimum Gasteiger partial charge on any atom is -0.344 e. The Balaban J connectivity index is 2.43. The quantitative estimate of drug-likeness (QED) is 0.685. The van der Waals surface area contributed by atoms with Crippen LogP contribution in [0.4, 0.5) is 0 Å². The lowest BCUT2D eigenvalue weighted by molar-refractivity contribution is -0.132. The van der Waals surface area contributed by atoms with Crippen molar-refractivity contribution < 1.29 is 4.79 Å². The lowest BCUT2D eigenvalue weighted by Gasteiger charge is -2.19. The van der Waals surface area contributed by atoms with Crippen molar-refractivity contribution >= 4 is 5.91 Å². The van der Waals surface area contributed by atoms with E-state index >= 15 is 0 Å². The Morgan fingerprint density at radius 3 is 2.57 bits per heavy atom. The van der Waals surface area contributed by atoms with E-state index in [9.17, 15) is 4.79 Å². The third-order valence-electron chi connectivity index (χ3n) is 2.96. The van der Waals surface area contributed by atoms with Crippen LogP contribution in [-0.4, -0.2) is 24.4 Å². The van der Waals surface area contributed by atoms with E-state index in [-0.39, 0.29) is 23.2 Å². The predicted octanol–water partition coefficient (Wildman–Crippen LogP) is 1.65. The van der Waals surface area contributed by atoms with Crippen LogP contribution in [0.2, 0.25) is 0 Å². The number of hydrogen-bond donors (Lipinski definition) is 0. The molecule has 0 N–H and O–H groups in total. The average Bonchev–Trinajstić information content (AvgIpc) is 2.73. The third kappa shape index (κ3) is 2.25. The molecule has 0 aliphatic heterocycles. The molecule has 2 unspecified atom stereocenters. The third-order valence-corrected chi connectivity index (χ3v) is 2.96. The molecule has 0 aromatic heterocycles. The van der Waals surface area contributed by atoms with Crippen molar-refractivity contribution in [1.29, 1.82) is 5.26 Å². The zero-order chi connectivity index (χ0) is 10.9. The van der Waals surface area contributed by atoms with Crippen molar-refractivity contribution in [2.45, 2.75) is 27.2 Å². The van der Waals surface area contributed by atoms with Gasteiger partial charge in [0.05, 0.1) is 12.0 Å². The summed E-state index contributed by atoms with van der Waals surface area (Å²) in [5.41, 5.74) is 0.182. The smallest absolute Gasteiger partial charge is 0.226 e. The Kier molecular flexibility index (Phi) is 2.84. The SMILES string of the molecule is CC(C#N)CN(C)C(=O)C1CC1(C)C. The maximum absolute atomic E-state index is 11.8. The first-order valence-electron chi connectivity index (χ1n) is 5.03. The van der Waals surface area contributed by atoms with Crippen LogP contribution in [0.5, 0.6) is 0 Å². The summed E-state index contributed by atoms with van der Waals surface area (Å²) in [4.78, 5) is 13.5. The largest absolute Gasteiger partial charge is 0.344 e. The monoisotopic (exact) mass is 194 g/mol. The molecule has 1 aliphatic carbocycles. The summed E-state index contributed by atoms with van der Waals surface area (Å²) in [5.74, 6) is 0.293. The summed E-state index contributed by atoms with van der Waals surface area (Å²) in [6.45, 7) is 6.60. The van der Waals surface area contributed by atoms with Crippen LogP contribution < -0.4 is 0 Å². The Hall–Kier alpha value is -1.04. The van der Waals surface area contributed by atoms with Gasteiger partial charge in [0, 0.05) is 19.5 Å². The second-order valence-electron chi connectivity index (χ2n) is 4.99. The fraction of sp³-hybridized carbons (Fsp3) is 0.818. The summed E-state index contributed by atoms with van der Waals surface area (Å²) in [6.07, 6.45) is 0.983. The van der Waals surface area contributed by atoms with E-state index in [2.05, 4.69) is 19.9 Å². The van der Waals surface area contributed by atoms with Crippen molar-refractivity contribution in [2.24, 2.45) is 17.3 Å². The van der Waals surface area contributed by atoms with Crippen molar-refractivity contribution in [2.75, 3.05) is 13.6 Å². The maximum Gasteiger partial charge on any atom is 0.226 e. The van der Waals surface area contributed by atoms with E-state index in [1.54, 1.807) is 11.9 Å². The van der Waals surface area contributed by atoms with E-state index in [1.165, 1.54) is 0 Å². The van der Waals surface area contributed by atoms with E-state index in [0.29, 0.717) is 6.54 Å². The van der Waals surface area contributed by atoms with Crippen LogP contribution in [0.1, 0.15) is 27.2 Å². The molecule has 1 amide bonds. The maximum atomic E-state index is 11.8. The van der Waals surface area contributed by atoms with Crippen LogP contribution in [0.15, 0.2) is 0 Å². The van der Waals surface area contributed by atoms with Gasteiger partial charge in [-0.3, -0.25) is 4.79 Å². The van der Waals surface area contributed by atoms with Crippen molar-refractivity contribution in [3.05, 3.63) is 0 Å². The van der Waals surface area contributed by atoms with Crippen LogP contribution in [0.3, 0.4) is 0 Å². The number of nitriles is 1. The second kappa shape index (κ2) is 3.61. The summed E-state index contributed by atoms with van der Waals surface area (Å²) in [6, 6.07) is 2.14. The summed E-state index contributed by atoms with van der Waals surface area (Å²) >= 11 is 0. The second-order valence-corrected chi connectivity index (χ2v) is 4.99. The van der Waals surface area contributed by atoms with E-state index in [0.717, 1.165) is 6.42 Å². The zero-order valence-electron chi connectivity index (χ0n) is 9.37. The molecular weight excluding hydrogens is 176 g/mol. The van der Waals surface area contributed by atoms with Gasteiger partial charge in [0.15, 0.2) is 0 Å². The Labute approximate surface area is 85.7 Å². The molecule has 1 rings (SSSR count). The first-order chi connectivity index (χ1) is 6.38.